The molecule has 0 unspecified atom stereocenters. The first-order chi connectivity index (χ1) is 8.21. The molecule has 1 heterocycles. The lowest BCUT2D eigenvalue weighted by Gasteiger charge is -2.34. The van der Waals surface area contributed by atoms with Crippen molar-refractivity contribution in [2.24, 2.45) is 11.8 Å². The fourth-order valence-corrected chi connectivity index (χ4v) is 2.84. The molecule has 1 saturated heterocycles. The molecule has 0 bridgehead atoms. The van der Waals surface area contributed by atoms with Crippen molar-refractivity contribution in [2.75, 3.05) is 26.7 Å². The van der Waals surface area contributed by atoms with Crippen LogP contribution in [0.25, 0.3) is 0 Å². The van der Waals surface area contributed by atoms with E-state index < -0.39 is 0 Å². The zero-order valence-electron chi connectivity index (χ0n) is 13.7. The van der Waals surface area contributed by atoms with Crippen molar-refractivity contribution in [3.63, 3.8) is 0 Å². The number of rotatable bonds is 3. The molecule has 0 aliphatic carbocycles. The Labute approximate surface area is 115 Å². The van der Waals surface area contributed by atoms with Crippen LogP contribution in [0.5, 0.6) is 0 Å². The molecule has 0 aromatic heterocycles. The van der Waals surface area contributed by atoms with Crippen molar-refractivity contribution in [3.8, 4) is 0 Å². The minimum Gasteiger partial charge on any atom is -0.304 e. The number of nitrogens with zero attached hydrogens (tertiary/aromatic N) is 2. The summed E-state index contributed by atoms with van der Waals surface area (Å²) < 4.78 is 0. The molecule has 0 spiro atoms. The zero-order chi connectivity index (χ0) is 13.9. The van der Waals surface area contributed by atoms with Crippen LogP contribution in [0.3, 0.4) is 0 Å². The molecule has 108 valence electrons. The predicted octanol–water partition coefficient (Wildman–Crippen LogP) is 3.47. The summed E-state index contributed by atoms with van der Waals surface area (Å²) in [4.78, 5) is 5.17. The Bertz CT molecular complexity index is 242. The van der Waals surface area contributed by atoms with E-state index in [9.17, 15) is 0 Å². The van der Waals surface area contributed by atoms with Gasteiger partial charge in [0.15, 0.2) is 0 Å². The highest BCUT2D eigenvalue weighted by molar-refractivity contribution is 4.83. The van der Waals surface area contributed by atoms with Crippen LogP contribution in [0.2, 0.25) is 0 Å². The topological polar surface area (TPSA) is 6.48 Å². The highest BCUT2D eigenvalue weighted by Crippen LogP contribution is 2.28. The van der Waals surface area contributed by atoms with Crippen LogP contribution >= 0.6 is 0 Å². The molecule has 0 amide bonds. The van der Waals surface area contributed by atoms with Crippen LogP contribution in [0.4, 0.5) is 0 Å². The van der Waals surface area contributed by atoms with Gasteiger partial charge in [0.1, 0.15) is 0 Å². The van der Waals surface area contributed by atoms with Gasteiger partial charge in [-0.1, -0.05) is 6.92 Å². The van der Waals surface area contributed by atoms with Gasteiger partial charge in [0.25, 0.3) is 0 Å². The summed E-state index contributed by atoms with van der Waals surface area (Å²) in [6.45, 7) is 17.9. The van der Waals surface area contributed by atoms with Gasteiger partial charge in [0.05, 0.1) is 0 Å². The summed E-state index contributed by atoms with van der Waals surface area (Å²) in [7, 11) is 2.27. The Balaban J connectivity index is 2.57. The second-order valence-corrected chi connectivity index (χ2v) is 7.51. The van der Waals surface area contributed by atoms with Crippen LogP contribution in [-0.4, -0.2) is 48.1 Å². The fourth-order valence-electron chi connectivity index (χ4n) is 2.84. The van der Waals surface area contributed by atoms with Crippen LogP contribution in [0, 0.1) is 11.8 Å². The Kier molecular flexibility index (Phi) is 5.67. The van der Waals surface area contributed by atoms with Gasteiger partial charge in [-0.3, -0.25) is 4.90 Å². The number of hydrogen-bond donors (Lipinski definition) is 0. The summed E-state index contributed by atoms with van der Waals surface area (Å²) in [6.07, 6.45) is 2.71. The minimum atomic E-state index is 0.332. The third-order valence-corrected chi connectivity index (χ3v) is 4.78. The molecule has 2 nitrogen and oxygen atoms in total. The van der Waals surface area contributed by atoms with Gasteiger partial charge in [-0.25, -0.2) is 0 Å². The Morgan fingerprint density at radius 3 is 2.22 bits per heavy atom. The Hall–Kier alpha value is -0.0800. The first kappa shape index (κ1) is 16.0. The Morgan fingerprint density at radius 2 is 1.72 bits per heavy atom. The maximum absolute atomic E-state index is 2.67. The molecule has 1 aliphatic heterocycles. The van der Waals surface area contributed by atoms with E-state index in [1.807, 2.05) is 0 Å². The van der Waals surface area contributed by atoms with Gasteiger partial charge in [0, 0.05) is 18.1 Å². The number of likely N-dealkylation sites (tertiary alicyclic amines) is 1. The first-order valence-electron chi connectivity index (χ1n) is 7.67. The first-order valence-corrected chi connectivity index (χ1v) is 7.67. The molecule has 2 atom stereocenters. The largest absolute Gasteiger partial charge is 0.304 e. The normalized spacial score (nSPS) is 27.8. The SMILES string of the molecule is CC(C)N(C)C[C@@H]1CCN(C(C)(C)C)CC[C@@H]1C. The second kappa shape index (κ2) is 6.38. The van der Waals surface area contributed by atoms with Crippen molar-refractivity contribution in [1.29, 1.82) is 0 Å². The monoisotopic (exact) mass is 254 g/mol. The van der Waals surface area contributed by atoms with Gasteiger partial charge in [-0.05, 0) is 79.4 Å². The van der Waals surface area contributed by atoms with E-state index in [4.69, 9.17) is 0 Å². The van der Waals surface area contributed by atoms with E-state index in [2.05, 4.69) is 58.4 Å². The van der Waals surface area contributed by atoms with E-state index in [0.29, 0.717) is 11.6 Å². The lowest BCUT2D eigenvalue weighted by atomic mass is 9.89. The molecule has 0 aromatic carbocycles. The molecule has 1 aliphatic rings. The fraction of sp³-hybridized carbons (Fsp3) is 1.00. The van der Waals surface area contributed by atoms with Crippen LogP contribution in [0.15, 0.2) is 0 Å². The van der Waals surface area contributed by atoms with E-state index in [1.54, 1.807) is 0 Å². The van der Waals surface area contributed by atoms with E-state index in [0.717, 1.165) is 11.8 Å². The van der Waals surface area contributed by atoms with Crippen molar-refractivity contribution < 1.29 is 0 Å². The lowest BCUT2D eigenvalue weighted by molar-refractivity contribution is 0.138. The second-order valence-electron chi connectivity index (χ2n) is 7.51. The van der Waals surface area contributed by atoms with Crippen LogP contribution in [-0.2, 0) is 0 Å². The maximum Gasteiger partial charge on any atom is 0.0125 e. The van der Waals surface area contributed by atoms with Crippen LogP contribution in [0.1, 0.15) is 54.4 Å². The summed E-state index contributed by atoms with van der Waals surface area (Å²) in [5.74, 6) is 1.73. The van der Waals surface area contributed by atoms with Gasteiger partial charge in [0.2, 0.25) is 0 Å². The van der Waals surface area contributed by atoms with Crippen molar-refractivity contribution in [1.82, 2.24) is 9.80 Å². The highest BCUT2D eigenvalue weighted by Gasteiger charge is 2.29. The molecule has 1 fully saturated rings. The van der Waals surface area contributed by atoms with Gasteiger partial charge in [-0.15, -0.1) is 0 Å². The van der Waals surface area contributed by atoms with Gasteiger partial charge < -0.3 is 4.90 Å². The summed E-state index contributed by atoms with van der Waals surface area (Å²) in [5.41, 5.74) is 0.332. The number of hydrogen-bond acceptors (Lipinski definition) is 2. The highest BCUT2D eigenvalue weighted by atomic mass is 15.2. The van der Waals surface area contributed by atoms with Crippen molar-refractivity contribution in [3.05, 3.63) is 0 Å². The molecule has 0 radical (unpaired) electrons. The molecular formula is C16H34N2. The lowest BCUT2D eigenvalue weighted by Crippen LogP contribution is -2.42. The average Bonchev–Trinajstić information content (AvgIpc) is 2.41. The summed E-state index contributed by atoms with van der Waals surface area (Å²) >= 11 is 0. The molecule has 18 heavy (non-hydrogen) atoms. The third-order valence-electron chi connectivity index (χ3n) is 4.78. The van der Waals surface area contributed by atoms with Crippen LogP contribution < -0.4 is 0 Å². The van der Waals surface area contributed by atoms with Gasteiger partial charge in [-0.2, -0.15) is 0 Å². The minimum absolute atomic E-state index is 0.332. The predicted molar refractivity (Wildman–Crippen MR) is 81.0 cm³/mol. The zero-order valence-corrected chi connectivity index (χ0v) is 13.7. The van der Waals surface area contributed by atoms with Gasteiger partial charge >= 0.3 is 0 Å². The van der Waals surface area contributed by atoms with E-state index >= 15 is 0 Å². The standard InChI is InChI=1S/C16H34N2/c1-13(2)17(7)12-15-9-11-18(16(4,5)6)10-8-14(15)3/h13-15H,8-12H2,1-7H3/t14-,15-/m0/s1. The quantitative estimate of drug-likeness (QED) is 0.761. The summed E-state index contributed by atoms with van der Waals surface area (Å²) in [6, 6.07) is 0.666. The van der Waals surface area contributed by atoms with Crippen molar-refractivity contribution >= 4 is 0 Å². The van der Waals surface area contributed by atoms with E-state index in [1.165, 1.54) is 32.5 Å². The summed E-state index contributed by atoms with van der Waals surface area (Å²) in [5, 5.41) is 0. The third kappa shape index (κ3) is 4.55. The van der Waals surface area contributed by atoms with Crippen molar-refractivity contribution in [2.45, 2.75) is 66.0 Å². The maximum atomic E-state index is 2.67. The average molecular weight is 254 g/mol. The molecule has 2 heteroatoms. The van der Waals surface area contributed by atoms with E-state index in [-0.39, 0.29) is 0 Å². The molecule has 1 rings (SSSR count). The molecule has 0 aromatic rings. The smallest absolute Gasteiger partial charge is 0.0125 e. The molecular weight excluding hydrogens is 220 g/mol. The Morgan fingerprint density at radius 1 is 1.17 bits per heavy atom. The molecule has 0 N–H and O–H groups in total. The molecule has 0 saturated carbocycles.